The van der Waals surface area contributed by atoms with Crippen LogP contribution in [0.4, 0.5) is 0 Å². The topological polar surface area (TPSA) is 20.3 Å². The first-order valence-corrected chi connectivity index (χ1v) is 8.56. The van der Waals surface area contributed by atoms with Crippen molar-refractivity contribution in [1.82, 2.24) is 4.90 Å². The van der Waals surface area contributed by atoms with Gasteiger partial charge in [0.25, 0.3) is 5.91 Å². The molecule has 0 radical (unpaired) electrons. The number of likely N-dealkylation sites (tertiary alicyclic amines) is 1. The van der Waals surface area contributed by atoms with Gasteiger partial charge in [-0.3, -0.25) is 4.79 Å². The van der Waals surface area contributed by atoms with Gasteiger partial charge in [-0.15, -0.1) is 0 Å². The summed E-state index contributed by atoms with van der Waals surface area (Å²) in [6, 6.07) is 16.2. The fourth-order valence-electron chi connectivity index (χ4n) is 2.85. The van der Waals surface area contributed by atoms with Crippen LogP contribution in [0, 0.1) is 0 Å². The van der Waals surface area contributed by atoms with Crippen LogP contribution in [0.25, 0.3) is 0 Å². The van der Waals surface area contributed by atoms with Gasteiger partial charge in [0.15, 0.2) is 0 Å². The second kappa shape index (κ2) is 6.32. The van der Waals surface area contributed by atoms with Crippen molar-refractivity contribution < 1.29 is 4.79 Å². The third kappa shape index (κ3) is 3.06. The van der Waals surface area contributed by atoms with Gasteiger partial charge in [-0.2, -0.15) is 0 Å². The van der Waals surface area contributed by atoms with Crippen LogP contribution in [0.5, 0.6) is 0 Å². The highest BCUT2D eigenvalue weighted by atomic mass is 79.9. The van der Waals surface area contributed by atoms with Gasteiger partial charge in [-0.05, 0) is 52.5 Å². The summed E-state index contributed by atoms with van der Waals surface area (Å²) in [5, 5.41) is 0. The second-order valence-corrected chi connectivity index (χ2v) is 6.96. The first-order valence-electron chi connectivity index (χ1n) is 6.98. The Hall–Kier alpha value is -1.13. The van der Waals surface area contributed by atoms with Crippen molar-refractivity contribution in [2.24, 2.45) is 0 Å². The zero-order chi connectivity index (χ0) is 14.8. The number of carbonyl (C=O) groups is 1. The molecule has 1 aliphatic rings. The number of benzene rings is 2. The van der Waals surface area contributed by atoms with Crippen LogP contribution in [-0.2, 0) is 0 Å². The summed E-state index contributed by atoms with van der Waals surface area (Å²) in [4.78, 5) is 14.8. The molecule has 0 saturated carbocycles. The third-order valence-corrected chi connectivity index (χ3v) is 5.01. The van der Waals surface area contributed by atoms with Crippen molar-refractivity contribution in [3.63, 3.8) is 0 Å². The minimum Gasteiger partial charge on any atom is -0.332 e. The molecular formula is C17H15Br2NO. The van der Waals surface area contributed by atoms with Crippen molar-refractivity contribution in [2.75, 3.05) is 6.54 Å². The predicted octanol–water partition coefficient (Wildman–Crippen LogP) is 5.19. The van der Waals surface area contributed by atoms with E-state index in [1.165, 1.54) is 5.56 Å². The molecule has 21 heavy (non-hydrogen) atoms. The number of carbonyl (C=O) groups excluding carboxylic acids is 1. The monoisotopic (exact) mass is 407 g/mol. The molecular weight excluding hydrogens is 394 g/mol. The Kier molecular flexibility index (Phi) is 4.45. The largest absolute Gasteiger partial charge is 0.332 e. The number of hydrogen-bond acceptors (Lipinski definition) is 1. The van der Waals surface area contributed by atoms with E-state index in [1.807, 2.05) is 41.3 Å². The molecule has 0 aliphatic carbocycles. The van der Waals surface area contributed by atoms with Crippen LogP contribution in [0.3, 0.4) is 0 Å². The molecule has 3 rings (SSSR count). The molecule has 2 nitrogen and oxygen atoms in total. The Bertz CT molecular complexity index is 657. The van der Waals surface area contributed by atoms with Gasteiger partial charge in [0.05, 0.1) is 11.6 Å². The predicted molar refractivity (Wildman–Crippen MR) is 91.3 cm³/mol. The van der Waals surface area contributed by atoms with Gasteiger partial charge in [0.1, 0.15) is 0 Å². The van der Waals surface area contributed by atoms with Crippen molar-refractivity contribution in [1.29, 1.82) is 0 Å². The second-order valence-electron chi connectivity index (χ2n) is 5.19. The summed E-state index contributed by atoms with van der Waals surface area (Å²) in [5.74, 6) is 0.0979. The highest BCUT2D eigenvalue weighted by molar-refractivity contribution is 9.11. The van der Waals surface area contributed by atoms with Crippen molar-refractivity contribution in [2.45, 2.75) is 18.9 Å². The van der Waals surface area contributed by atoms with Crippen LogP contribution >= 0.6 is 31.9 Å². The number of rotatable bonds is 2. The van der Waals surface area contributed by atoms with E-state index in [-0.39, 0.29) is 11.9 Å². The van der Waals surface area contributed by atoms with Crippen LogP contribution in [0.1, 0.15) is 34.8 Å². The zero-order valence-electron chi connectivity index (χ0n) is 11.4. The molecule has 1 amide bonds. The minimum absolute atomic E-state index is 0.0979. The number of hydrogen-bond donors (Lipinski definition) is 0. The van der Waals surface area contributed by atoms with Crippen molar-refractivity contribution in [3.8, 4) is 0 Å². The van der Waals surface area contributed by atoms with Gasteiger partial charge in [0, 0.05) is 15.5 Å². The van der Waals surface area contributed by atoms with E-state index in [9.17, 15) is 4.79 Å². The molecule has 0 spiro atoms. The number of amides is 1. The molecule has 1 unspecified atom stereocenters. The summed E-state index contributed by atoms with van der Waals surface area (Å²) in [6.07, 6.45) is 2.09. The average Bonchev–Trinajstić information content (AvgIpc) is 2.97. The molecule has 1 atom stereocenters. The maximum Gasteiger partial charge on any atom is 0.255 e. The first-order chi connectivity index (χ1) is 10.2. The first kappa shape index (κ1) is 14.8. The number of halogens is 2. The van der Waals surface area contributed by atoms with Crippen LogP contribution in [-0.4, -0.2) is 17.4 Å². The van der Waals surface area contributed by atoms with Gasteiger partial charge < -0.3 is 4.90 Å². The molecule has 2 aromatic rings. The lowest BCUT2D eigenvalue weighted by Crippen LogP contribution is -2.30. The lowest BCUT2D eigenvalue weighted by molar-refractivity contribution is 0.0734. The van der Waals surface area contributed by atoms with Gasteiger partial charge in [-0.25, -0.2) is 0 Å². The molecule has 0 bridgehead atoms. The molecule has 0 N–H and O–H groups in total. The summed E-state index contributed by atoms with van der Waals surface area (Å²) in [7, 11) is 0. The van der Waals surface area contributed by atoms with E-state index >= 15 is 0 Å². The summed E-state index contributed by atoms with van der Waals surface area (Å²) in [6.45, 7) is 0.820. The highest BCUT2D eigenvalue weighted by Gasteiger charge is 2.31. The smallest absolute Gasteiger partial charge is 0.255 e. The Morgan fingerprint density at radius 3 is 2.57 bits per heavy atom. The summed E-state index contributed by atoms with van der Waals surface area (Å²) < 4.78 is 1.80. The third-order valence-electron chi connectivity index (χ3n) is 3.86. The quantitative estimate of drug-likeness (QED) is 0.669. The Morgan fingerprint density at radius 1 is 1.10 bits per heavy atom. The van der Waals surface area contributed by atoms with Crippen molar-refractivity contribution in [3.05, 3.63) is 68.6 Å². The van der Waals surface area contributed by atoms with E-state index in [0.717, 1.165) is 33.9 Å². The molecule has 1 saturated heterocycles. The Labute approximate surface area is 141 Å². The Morgan fingerprint density at radius 2 is 1.86 bits per heavy atom. The Balaban J connectivity index is 1.90. The minimum atomic E-state index is 0.0979. The molecule has 1 heterocycles. The molecule has 1 aliphatic heterocycles. The van der Waals surface area contributed by atoms with E-state index < -0.39 is 0 Å². The summed E-state index contributed by atoms with van der Waals surface area (Å²) >= 11 is 6.92. The molecule has 4 heteroatoms. The highest BCUT2D eigenvalue weighted by Crippen LogP contribution is 2.34. The van der Waals surface area contributed by atoms with Gasteiger partial charge in [-0.1, -0.05) is 46.3 Å². The maximum atomic E-state index is 12.8. The molecule has 1 fully saturated rings. The van der Waals surface area contributed by atoms with E-state index in [2.05, 4.69) is 44.0 Å². The van der Waals surface area contributed by atoms with Gasteiger partial charge >= 0.3 is 0 Å². The van der Waals surface area contributed by atoms with Crippen LogP contribution in [0.15, 0.2) is 57.5 Å². The fraction of sp³-hybridized carbons (Fsp3) is 0.235. The van der Waals surface area contributed by atoms with E-state index in [0.29, 0.717) is 0 Å². The fourth-order valence-corrected chi connectivity index (χ4v) is 4.07. The molecule has 108 valence electrons. The SMILES string of the molecule is O=C(c1ccc(Br)cc1Br)N1CCCC1c1ccccc1. The van der Waals surface area contributed by atoms with Gasteiger partial charge in [0.2, 0.25) is 0 Å². The zero-order valence-corrected chi connectivity index (χ0v) is 14.6. The molecule has 2 aromatic carbocycles. The van der Waals surface area contributed by atoms with Crippen LogP contribution in [0.2, 0.25) is 0 Å². The van der Waals surface area contributed by atoms with E-state index in [4.69, 9.17) is 0 Å². The lowest BCUT2D eigenvalue weighted by Gasteiger charge is -2.25. The standard InChI is InChI=1S/C17H15Br2NO/c18-13-8-9-14(15(19)11-13)17(21)20-10-4-7-16(20)12-5-2-1-3-6-12/h1-3,5-6,8-9,11,16H,4,7,10H2. The average molecular weight is 409 g/mol. The van der Waals surface area contributed by atoms with E-state index in [1.54, 1.807) is 0 Å². The normalized spacial score (nSPS) is 18.0. The number of nitrogens with zero attached hydrogens (tertiary/aromatic N) is 1. The lowest BCUT2D eigenvalue weighted by atomic mass is 10.0. The van der Waals surface area contributed by atoms with Crippen molar-refractivity contribution >= 4 is 37.8 Å². The summed E-state index contributed by atoms with van der Waals surface area (Å²) in [5.41, 5.74) is 1.94. The maximum absolute atomic E-state index is 12.8. The van der Waals surface area contributed by atoms with Crippen LogP contribution < -0.4 is 0 Å². The molecule has 0 aromatic heterocycles.